The van der Waals surface area contributed by atoms with Crippen LogP contribution in [0.1, 0.15) is 25.5 Å². The first-order valence-electron chi connectivity index (χ1n) is 6.38. The molecule has 20 heavy (non-hydrogen) atoms. The molecule has 2 rings (SSSR count). The zero-order valence-corrected chi connectivity index (χ0v) is 13.7. The fourth-order valence-electron chi connectivity index (χ4n) is 1.75. The van der Waals surface area contributed by atoms with Crippen LogP contribution in [0.4, 0.5) is 11.8 Å². The molecule has 1 unspecified atom stereocenters. The van der Waals surface area contributed by atoms with E-state index >= 15 is 0 Å². The molecule has 0 saturated heterocycles. The van der Waals surface area contributed by atoms with Crippen LogP contribution < -0.4 is 10.6 Å². The molecule has 1 heterocycles. The minimum absolute atomic E-state index is 0.102. The zero-order chi connectivity index (χ0) is 14.5. The summed E-state index contributed by atoms with van der Waals surface area (Å²) in [6, 6.07) is 8.24. The highest BCUT2D eigenvalue weighted by atomic mass is 79.9. The Morgan fingerprint density at radius 1 is 1.30 bits per heavy atom. The molecule has 0 spiro atoms. The van der Waals surface area contributed by atoms with Crippen molar-refractivity contribution in [3.05, 3.63) is 45.5 Å². The number of aromatic nitrogens is 2. The summed E-state index contributed by atoms with van der Waals surface area (Å²) in [5.74, 6) is 1.20. The summed E-state index contributed by atoms with van der Waals surface area (Å²) in [6.45, 7) is 4.83. The summed E-state index contributed by atoms with van der Waals surface area (Å²) < 4.78 is 1.06. The van der Waals surface area contributed by atoms with Crippen LogP contribution in [-0.2, 0) is 0 Å². The van der Waals surface area contributed by atoms with E-state index in [2.05, 4.69) is 55.6 Å². The summed E-state index contributed by atoms with van der Waals surface area (Å²) in [7, 11) is 0. The highest BCUT2D eigenvalue weighted by Crippen LogP contribution is 2.25. The SMILES string of the molecule is CCNc1ncc(Cl)c(NC(C)c2ccc(Br)cc2)n1. The molecule has 106 valence electrons. The van der Waals surface area contributed by atoms with Crippen molar-refractivity contribution in [1.29, 1.82) is 0 Å². The molecule has 0 aliphatic carbocycles. The molecule has 1 aromatic heterocycles. The van der Waals surface area contributed by atoms with Gasteiger partial charge in [-0.05, 0) is 31.5 Å². The Kier molecular flexibility index (Phi) is 5.20. The standard InChI is InChI=1S/C14H16BrClN4/c1-3-17-14-18-8-12(16)13(20-14)19-9(2)10-4-6-11(15)7-5-10/h4-9H,3H2,1-2H3,(H2,17,18,19,20). The van der Waals surface area contributed by atoms with Crippen molar-refractivity contribution in [3.63, 3.8) is 0 Å². The van der Waals surface area contributed by atoms with Crippen molar-refractivity contribution < 1.29 is 0 Å². The van der Waals surface area contributed by atoms with Crippen LogP contribution >= 0.6 is 27.5 Å². The van der Waals surface area contributed by atoms with Gasteiger partial charge in [0, 0.05) is 17.1 Å². The van der Waals surface area contributed by atoms with Gasteiger partial charge in [-0.1, -0.05) is 39.7 Å². The number of benzene rings is 1. The monoisotopic (exact) mass is 354 g/mol. The van der Waals surface area contributed by atoms with E-state index in [0.29, 0.717) is 16.8 Å². The quantitative estimate of drug-likeness (QED) is 0.829. The van der Waals surface area contributed by atoms with E-state index in [1.807, 2.05) is 19.1 Å². The third kappa shape index (κ3) is 3.84. The van der Waals surface area contributed by atoms with Gasteiger partial charge in [-0.25, -0.2) is 4.98 Å². The average Bonchev–Trinajstić information content (AvgIpc) is 2.43. The number of hydrogen-bond acceptors (Lipinski definition) is 4. The number of halogens is 2. The van der Waals surface area contributed by atoms with E-state index in [9.17, 15) is 0 Å². The van der Waals surface area contributed by atoms with Gasteiger partial charge < -0.3 is 10.6 Å². The van der Waals surface area contributed by atoms with Crippen molar-refractivity contribution in [2.75, 3.05) is 17.2 Å². The van der Waals surface area contributed by atoms with E-state index in [1.54, 1.807) is 6.20 Å². The van der Waals surface area contributed by atoms with Crippen LogP contribution in [0, 0.1) is 0 Å². The molecule has 0 aliphatic rings. The van der Waals surface area contributed by atoms with Gasteiger partial charge in [-0.3, -0.25) is 0 Å². The summed E-state index contributed by atoms with van der Waals surface area (Å²) in [5.41, 5.74) is 1.16. The van der Waals surface area contributed by atoms with Gasteiger partial charge >= 0.3 is 0 Å². The first-order valence-corrected chi connectivity index (χ1v) is 7.55. The molecule has 1 atom stereocenters. The molecule has 4 nitrogen and oxygen atoms in total. The largest absolute Gasteiger partial charge is 0.362 e. The Balaban J connectivity index is 2.16. The van der Waals surface area contributed by atoms with Gasteiger partial charge in [-0.15, -0.1) is 0 Å². The Morgan fingerprint density at radius 2 is 2.00 bits per heavy atom. The molecule has 0 radical (unpaired) electrons. The fourth-order valence-corrected chi connectivity index (χ4v) is 2.16. The highest BCUT2D eigenvalue weighted by molar-refractivity contribution is 9.10. The number of nitrogens with zero attached hydrogens (tertiary/aromatic N) is 2. The second kappa shape index (κ2) is 6.90. The normalized spacial score (nSPS) is 12.0. The van der Waals surface area contributed by atoms with Crippen molar-refractivity contribution in [2.24, 2.45) is 0 Å². The number of anilines is 2. The van der Waals surface area contributed by atoms with E-state index in [-0.39, 0.29) is 6.04 Å². The minimum Gasteiger partial charge on any atom is -0.362 e. The first kappa shape index (κ1) is 15.1. The third-order valence-electron chi connectivity index (χ3n) is 2.80. The van der Waals surface area contributed by atoms with Gasteiger partial charge in [0.05, 0.1) is 6.20 Å². The maximum Gasteiger partial charge on any atom is 0.224 e. The number of rotatable bonds is 5. The zero-order valence-electron chi connectivity index (χ0n) is 11.3. The summed E-state index contributed by atoms with van der Waals surface area (Å²) >= 11 is 9.56. The molecule has 0 bridgehead atoms. The van der Waals surface area contributed by atoms with Gasteiger partial charge in [0.15, 0.2) is 5.82 Å². The summed E-state index contributed by atoms with van der Waals surface area (Å²) in [4.78, 5) is 8.49. The van der Waals surface area contributed by atoms with Gasteiger partial charge in [0.25, 0.3) is 0 Å². The van der Waals surface area contributed by atoms with Gasteiger partial charge in [-0.2, -0.15) is 4.98 Å². The van der Waals surface area contributed by atoms with Crippen molar-refractivity contribution in [3.8, 4) is 0 Å². The first-order chi connectivity index (χ1) is 9.60. The smallest absolute Gasteiger partial charge is 0.224 e. The Bertz CT molecular complexity index is 574. The predicted molar refractivity (Wildman–Crippen MR) is 87.4 cm³/mol. The molecular weight excluding hydrogens is 340 g/mol. The van der Waals surface area contributed by atoms with Crippen molar-refractivity contribution in [2.45, 2.75) is 19.9 Å². The summed E-state index contributed by atoms with van der Waals surface area (Å²) in [5, 5.41) is 6.88. The molecule has 6 heteroatoms. The molecular formula is C14H16BrClN4. The maximum absolute atomic E-state index is 6.13. The average molecular weight is 356 g/mol. The topological polar surface area (TPSA) is 49.8 Å². The Labute approximate surface area is 132 Å². The third-order valence-corrected chi connectivity index (χ3v) is 3.61. The second-order valence-corrected chi connectivity index (χ2v) is 5.66. The van der Waals surface area contributed by atoms with Gasteiger partial charge in [0.1, 0.15) is 5.02 Å². The number of nitrogens with one attached hydrogen (secondary N) is 2. The fraction of sp³-hybridized carbons (Fsp3) is 0.286. The molecule has 0 saturated carbocycles. The van der Waals surface area contributed by atoms with E-state index in [1.165, 1.54) is 0 Å². The van der Waals surface area contributed by atoms with Crippen LogP contribution in [-0.4, -0.2) is 16.5 Å². The van der Waals surface area contributed by atoms with E-state index in [4.69, 9.17) is 11.6 Å². The lowest BCUT2D eigenvalue weighted by molar-refractivity contribution is 0.871. The van der Waals surface area contributed by atoms with Gasteiger partial charge in [0.2, 0.25) is 5.95 Å². The lowest BCUT2D eigenvalue weighted by Gasteiger charge is -2.16. The summed E-state index contributed by atoms with van der Waals surface area (Å²) in [6.07, 6.45) is 1.60. The maximum atomic E-state index is 6.13. The van der Waals surface area contributed by atoms with Crippen LogP contribution in [0.5, 0.6) is 0 Å². The van der Waals surface area contributed by atoms with Crippen LogP contribution in [0.3, 0.4) is 0 Å². The van der Waals surface area contributed by atoms with Crippen molar-refractivity contribution in [1.82, 2.24) is 9.97 Å². The number of hydrogen-bond donors (Lipinski definition) is 2. The molecule has 0 fully saturated rings. The predicted octanol–water partition coefficient (Wildman–Crippen LogP) is 4.50. The van der Waals surface area contributed by atoms with E-state index in [0.717, 1.165) is 16.6 Å². The van der Waals surface area contributed by atoms with Crippen molar-refractivity contribution >= 4 is 39.3 Å². The van der Waals surface area contributed by atoms with Crippen LogP contribution in [0.15, 0.2) is 34.9 Å². The second-order valence-electron chi connectivity index (χ2n) is 4.34. The molecule has 0 amide bonds. The Hall–Kier alpha value is -1.33. The van der Waals surface area contributed by atoms with Crippen LogP contribution in [0.2, 0.25) is 5.02 Å². The van der Waals surface area contributed by atoms with E-state index < -0.39 is 0 Å². The lowest BCUT2D eigenvalue weighted by Crippen LogP contribution is -2.10. The highest BCUT2D eigenvalue weighted by Gasteiger charge is 2.10. The molecule has 2 aromatic rings. The molecule has 2 N–H and O–H groups in total. The minimum atomic E-state index is 0.102. The van der Waals surface area contributed by atoms with Crippen LogP contribution in [0.25, 0.3) is 0 Å². The molecule has 0 aliphatic heterocycles. The lowest BCUT2D eigenvalue weighted by atomic mass is 10.1. The Morgan fingerprint density at radius 3 is 2.65 bits per heavy atom. The molecule has 1 aromatic carbocycles.